The van der Waals surface area contributed by atoms with Crippen LogP contribution in [0.3, 0.4) is 0 Å². The first-order chi connectivity index (χ1) is 11.2. The van der Waals surface area contributed by atoms with Gasteiger partial charge in [0.15, 0.2) is 0 Å². The molecule has 0 atom stereocenters. The lowest BCUT2D eigenvalue weighted by atomic mass is 10.1. The van der Waals surface area contributed by atoms with Crippen LogP contribution in [0.25, 0.3) is 12.2 Å². The average molecular weight is 343 g/mol. The maximum atomic E-state index is 5.75. The average Bonchev–Trinajstić information content (AvgIpc) is 2.54. The third-order valence-corrected chi connectivity index (χ3v) is 3.35. The van der Waals surface area contributed by atoms with Gasteiger partial charge in [0.1, 0.15) is 0 Å². The molecule has 0 spiro atoms. The van der Waals surface area contributed by atoms with Gasteiger partial charge in [0, 0.05) is 5.69 Å². The van der Waals surface area contributed by atoms with Gasteiger partial charge in [0.05, 0.1) is 0 Å². The van der Waals surface area contributed by atoms with Crippen LogP contribution in [0, 0.1) is 0 Å². The second-order valence-corrected chi connectivity index (χ2v) is 5.36. The van der Waals surface area contributed by atoms with Crippen LogP contribution in [0.2, 0.25) is 10.6 Å². The normalized spacial score (nSPS) is 10.9. The summed E-state index contributed by atoms with van der Waals surface area (Å²) in [5.74, 6) is 0.308. The van der Waals surface area contributed by atoms with Crippen LogP contribution in [0.4, 0.5) is 11.6 Å². The van der Waals surface area contributed by atoms with Gasteiger partial charge in [-0.1, -0.05) is 54.6 Å². The van der Waals surface area contributed by atoms with Crippen LogP contribution in [0.15, 0.2) is 54.6 Å². The second-order valence-electron chi connectivity index (χ2n) is 4.69. The summed E-state index contributed by atoms with van der Waals surface area (Å²) in [6.07, 6.45) is 4.11. The topological polar surface area (TPSA) is 50.7 Å². The van der Waals surface area contributed by atoms with Crippen molar-refractivity contribution in [1.29, 1.82) is 0 Å². The molecule has 0 amide bonds. The molecule has 0 bridgehead atoms. The molecule has 0 unspecified atom stereocenters. The Morgan fingerprint density at radius 1 is 0.696 bits per heavy atom. The van der Waals surface area contributed by atoms with Crippen molar-refractivity contribution in [2.45, 2.75) is 0 Å². The molecule has 0 radical (unpaired) electrons. The molecule has 1 heterocycles. The van der Waals surface area contributed by atoms with Gasteiger partial charge in [0.25, 0.3) is 0 Å². The van der Waals surface area contributed by atoms with E-state index in [0.717, 1.165) is 16.8 Å². The standard InChI is InChI=1S/C17H12Cl2N4/c18-15-21-16(19)23-17(22-15)20-14-10-8-13(9-11-14)7-6-12-4-2-1-3-5-12/h1-11H,(H,20,21,22,23)/b7-6+. The first kappa shape index (κ1) is 15.5. The van der Waals surface area contributed by atoms with Gasteiger partial charge >= 0.3 is 0 Å². The van der Waals surface area contributed by atoms with E-state index in [9.17, 15) is 0 Å². The van der Waals surface area contributed by atoms with Crippen molar-refractivity contribution in [1.82, 2.24) is 15.0 Å². The van der Waals surface area contributed by atoms with Crippen LogP contribution in [0.1, 0.15) is 11.1 Å². The summed E-state index contributed by atoms with van der Waals surface area (Å²) in [7, 11) is 0. The molecule has 6 heteroatoms. The van der Waals surface area contributed by atoms with Crippen molar-refractivity contribution >= 4 is 47.0 Å². The van der Waals surface area contributed by atoms with Gasteiger partial charge in [0.2, 0.25) is 16.5 Å². The van der Waals surface area contributed by atoms with Gasteiger partial charge in [-0.05, 0) is 46.5 Å². The molecule has 23 heavy (non-hydrogen) atoms. The predicted octanol–water partition coefficient (Wildman–Crippen LogP) is 5.09. The van der Waals surface area contributed by atoms with Gasteiger partial charge in [-0.3, -0.25) is 0 Å². The number of hydrogen-bond donors (Lipinski definition) is 1. The molecule has 114 valence electrons. The highest BCUT2D eigenvalue weighted by atomic mass is 35.5. The summed E-state index contributed by atoms with van der Waals surface area (Å²) < 4.78 is 0. The molecule has 4 nitrogen and oxygen atoms in total. The van der Waals surface area contributed by atoms with Crippen molar-refractivity contribution in [3.8, 4) is 0 Å². The third-order valence-electron chi connectivity index (χ3n) is 3.02. The van der Waals surface area contributed by atoms with E-state index >= 15 is 0 Å². The van der Waals surface area contributed by atoms with E-state index in [1.54, 1.807) is 0 Å². The van der Waals surface area contributed by atoms with E-state index in [1.165, 1.54) is 0 Å². The van der Waals surface area contributed by atoms with Crippen LogP contribution < -0.4 is 5.32 Å². The van der Waals surface area contributed by atoms with Crippen molar-refractivity contribution in [2.24, 2.45) is 0 Å². The summed E-state index contributed by atoms with van der Waals surface area (Å²) >= 11 is 11.5. The number of aromatic nitrogens is 3. The molecule has 0 aliphatic rings. The van der Waals surface area contributed by atoms with E-state index in [0.29, 0.717) is 5.95 Å². The molecule has 1 aromatic heterocycles. The minimum absolute atomic E-state index is 0.0508. The first-order valence-electron chi connectivity index (χ1n) is 6.86. The van der Waals surface area contributed by atoms with Crippen LogP contribution in [-0.4, -0.2) is 15.0 Å². The maximum Gasteiger partial charge on any atom is 0.232 e. The Kier molecular flexibility index (Phi) is 4.86. The molecule has 0 fully saturated rings. The molecule has 2 aromatic carbocycles. The summed E-state index contributed by atoms with van der Waals surface area (Å²) in [6, 6.07) is 18.0. The highest BCUT2D eigenvalue weighted by molar-refractivity contribution is 6.31. The SMILES string of the molecule is Clc1nc(Cl)nc(Nc2ccc(/C=C/c3ccccc3)cc2)n1. The quantitative estimate of drug-likeness (QED) is 0.670. The van der Waals surface area contributed by atoms with E-state index in [4.69, 9.17) is 23.2 Å². The Morgan fingerprint density at radius 2 is 1.26 bits per heavy atom. The molecule has 0 saturated heterocycles. The van der Waals surface area contributed by atoms with Gasteiger partial charge < -0.3 is 5.32 Å². The summed E-state index contributed by atoms with van der Waals surface area (Å²) in [5.41, 5.74) is 3.08. The monoisotopic (exact) mass is 342 g/mol. The molecule has 1 N–H and O–H groups in total. The Labute approximate surface area is 143 Å². The molecule has 3 rings (SSSR count). The highest BCUT2D eigenvalue weighted by Gasteiger charge is 2.03. The van der Waals surface area contributed by atoms with Crippen molar-refractivity contribution in [2.75, 3.05) is 5.32 Å². The highest BCUT2D eigenvalue weighted by Crippen LogP contribution is 2.17. The fraction of sp³-hybridized carbons (Fsp3) is 0. The summed E-state index contributed by atoms with van der Waals surface area (Å²) in [4.78, 5) is 11.6. The number of rotatable bonds is 4. The molecular formula is C17H12Cl2N4. The van der Waals surface area contributed by atoms with Crippen LogP contribution in [0.5, 0.6) is 0 Å². The van der Waals surface area contributed by atoms with Gasteiger partial charge in [-0.15, -0.1) is 0 Å². The number of anilines is 2. The van der Waals surface area contributed by atoms with Gasteiger partial charge in [-0.25, -0.2) is 0 Å². The van der Waals surface area contributed by atoms with Gasteiger partial charge in [-0.2, -0.15) is 15.0 Å². The second kappa shape index (κ2) is 7.22. The summed E-state index contributed by atoms with van der Waals surface area (Å²) in [6.45, 7) is 0. The molecule has 0 saturated carbocycles. The number of nitrogens with one attached hydrogen (secondary N) is 1. The fourth-order valence-electron chi connectivity index (χ4n) is 1.95. The van der Waals surface area contributed by atoms with E-state index in [-0.39, 0.29) is 10.6 Å². The number of benzene rings is 2. The largest absolute Gasteiger partial charge is 0.324 e. The summed E-state index contributed by atoms with van der Waals surface area (Å²) in [5, 5.41) is 3.13. The lowest BCUT2D eigenvalue weighted by Gasteiger charge is -2.05. The van der Waals surface area contributed by atoms with Crippen LogP contribution in [-0.2, 0) is 0 Å². The van der Waals surface area contributed by atoms with Crippen LogP contribution >= 0.6 is 23.2 Å². The zero-order valence-corrected chi connectivity index (χ0v) is 13.5. The smallest absolute Gasteiger partial charge is 0.232 e. The molecule has 3 aromatic rings. The third kappa shape index (κ3) is 4.52. The van der Waals surface area contributed by atoms with E-state index in [1.807, 2.05) is 42.5 Å². The Hall–Kier alpha value is -2.43. The Morgan fingerprint density at radius 3 is 1.87 bits per heavy atom. The minimum Gasteiger partial charge on any atom is -0.324 e. The fourth-order valence-corrected chi connectivity index (χ4v) is 2.31. The Bertz CT molecular complexity index is 798. The minimum atomic E-state index is 0.0508. The van der Waals surface area contributed by atoms with E-state index < -0.39 is 0 Å². The number of nitrogens with zero attached hydrogens (tertiary/aromatic N) is 3. The number of hydrogen-bond acceptors (Lipinski definition) is 4. The molecular weight excluding hydrogens is 331 g/mol. The number of halogens is 2. The zero-order valence-electron chi connectivity index (χ0n) is 11.9. The first-order valence-corrected chi connectivity index (χ1v) is 7.62. The predicted molar refractivity (Wildman–Crippen MR) is 94.9 cm³/mol. The zero-order chi connectivity index (χ0) is 16.1. The maximum absolute atomic E-state index is 5.75. The lowest BCUT2D eigenvalue weighted by Crippen LogP contribution is -1.99. The van der Waals surface area contributed by atoms with Crippen molar-refractivity contribution in [3.63, 3.8) is 0 Å². The van der Waals surface area contributed by atoms with E-state index in [2.05, 4.69) is 44.6 Å². The van der Waals surface area contributed by atoms with Crippen molar-refractivity contribution < 1.29 is 0 Å². The molecule has 0 aliphatic carbocycles. The molecule has 0 aliphatic heterocycles. The lowest BCUT2D eigenvalue weighted by molar-refractivity contribution is 1.05. The van der Waals surface area contributed by atoms with Crippen molar-refractivity contribution in [3.05, 3.63) is 76.3 Å². The Balaban J connectivity index is 1.71.